The number of nitrogens with one attached hydrogen (secondary N) is 1. The molecule has 0 amide bonds. The van der Waals surface area contributed by atoms with Crippen LogP contribution in [0.1, 0.15) is 33.6 Å². The highest BCUT2D eigenvalue weighted by molar-refractivity contribution is 5.69. The van der Waals surface area contributed by atoms with Gasteiger partial charge in [0.25, 0.3) is 0 Å². The monoisotopic (exact) mass is 294 g/mol. The maximum Gasteiger partial charge on any atom is 0.333 e. The van der Waals surface area contributed by atoms with Crippen molar-refractivity contribution < 1.29 is 14.4 Å². The molecule has 1 aliphatic heterocycles. The normalized spacial score (nSPS) is 24.8. The molecule has 1 N–H and O–H groups in total. The SMILES string of the molecule is CCCOc1cccc(NC2(C)CCOC2C)c1[N+](=O)[O-]. The third-order valence-corrected chi connectivity index (χ3v) is 3.95. The van der Waals surface area contributed by atoms with Crippen molar-refractivity contribution in [2.75, 3.05) is 18.5 Å². The number of nitro groups is 1. The molecule has 1 saturated heterocycles. The Bertz CT molecular complexity index is 520. The largest absolute Gasteiger partial charge is 0.487 e. The zero-order valence-corrected chi connectivity index (χ0v) is 12.7. The van der Waals surface area contributed by atoms with E-state index in [1.165, 1.54) is 0 Å². The van der Waals surface area contributed by atoms with Gasteiger partial charge in [0.1, 0.15) is 5.69 Å². The van der Waals surface area contributed by atoms with Crippen molar-refractivity contribution in [3.8, 4) is 5.75 Å². The van der Waals surface area contributed by atoms with Crippen LogP contribution in [0.15, 0.2) is 18.2 Å². The van der Waals surface area contributed by atoms with Crippen LogP contribution in [-0.4, -0.2) is 29.8 Å². The zero-order chi connectivity index (χ0) is 15.5. The first kappa shape index (κ1) is 15.6. The molecule has 6 heteroatoms. The highest BCUT2D eigenvalue weighted by Crippen LogP contribution is 2.38. The molecule has 0 aliphatic carbocycles. The van der Waals surface area contributed by atoms with Gasteiger partial charge in [-0.1, -0.05) is 13.0 Å². The van der Waals surface area contributed by atoms with E-state index in [0.29, 0.717) is 24.7 Å². The minimum atomic E-state index is -0.392. The topological polar surface area (TPSA) is 73.6 Å². The molecule has 2 unspecified atom stereocenters. The Kier molecular flexibility index (Phi) is 4.67. The Morgan fingerprint density at radius 3 is 2.90 bits per heavy atom. The lowest BCUT2D eigenvalue weighted by Gasteiger charge is -2.30. The van der Waals surface area contributed by atoms with Crippen LogP contribution in [0.25, 0.3) is 0 Å². The summed E-state index contributed by atoms with van der Waals surface area (Å²) in [5.41, 5.74) is 0.161. The van der Waals surface area contributed by atoms with Crippen LogP contribution >= 0.6 is 0 Å². The molecule has 1 heterocycles. The van der Waals surface area contributed by atoms with Crippen LogP contribution in [0, 0.1) is 10.1 Å². The van der Waals surface area contributed by atoms with Gasteiger partial charge in [-0.15, -0.1) is 0 Å². The van der Waals surface area contributed by atoms with Crippen molar-refractivity contribution in [2.24, 2.45) is 0 Å². The summed E-state index contributed by atoms with van der Waals surface area (Å²) in [6.07, 6.45) is 1.61. The number of nitro benzene ring substituents is 1. The fourth-order valence-electron chi connectivity index (χ4n) is 2.45. The van der Waals surface area contributed by atoms with Gasteiger partial charge in [-0.05, 0) is 38.8 Å². The van der Waals surface area contributed by atoms with Crippen LogP contribution in [-0.2, 0) is 4.74 Å². The summed E-state index contributed by atoms with van der Waals surface area (Å²) in [5, 5.41) is 14.7. The van der Waals surface area contributed by atoms with Crippen molar-refractivity contribution in [3.63, 3.8) is 0 Å². The number of anilines is 1. The van der Waals surface area contributed by atoms with E-state index in [4.69, 9.17) is 9.47 Å². The molecule has 6 nitrogen and oxygen atoms in total. The molecule has 1 fully saturated rings. The number of hydrogen-bond acceptors (Lipinski definition) is 5. The fraction of sp³-hybridized carbons (Fsp3) is 0.600. The van der Waals surface area contributed by atoms with E-state index >= 15 is 0 Å². The first-order valence-electron chi connectivity index (χ1n) is 7.28. The van der Waals surface area contributed by atoms with Crippen LogP contribution in [0.5, 0.6) is 5.75 Å². The van der Waals surface area contributed by atoms with Gasteiger partial charge in [0, 0.05) is 6.61 Å². The minimum Gasteiger partial charge on any atom is -0.487 e. The molecule has 1 aromatic carbocycles. The highest BCUT2D eigenvalue weighted by atomic mass is 16.6. The van der Waals surface area contributed by atoms with Crippen molar-refractivity contribution in [1.29, 1.82) is 0 Å². The number of rotatable bonds is 6. The lowest BCUT2D eigenvalue weighted by Crippen LogP contribution is -2.41. The molecule has 0 bridgehead atoms. The number of para-hydroxylation sites is 1. The van der Waals surface area contributed by atoms with Crippen molar-refractivity contribution in [1.82, 2.24) is 0 Å². The van der Waals surface area contributed by atoms with E-state index in [1.54, 1.807) is 18.2 Å². The number of nitrogens with zero attached hydrogens (tertiary/aromatic N) is 1. The molecule has 0 saturated carbocycles. The standard InChI is InChI=1S/C15H22N2O4/c1-4-9-21-13-7-5-6-12(14(13)17(18)19)16-15(3)8-10-20-11(15)2/h5-7,11,16H,4,8-10H2,1-3H3. The van der Waals surface area contributed by atoms with Crippen LogP contribution in [0.4, 0.5) is 11.4 Å². The van der Waals surface area contributed by atoms with E-state index in [0.717, 1.165) is 12.8 Å². The molecule has 21 heavy (non-hydrogen) atoms. The summed E-state index contributed by atoms with van der Waals surface area (Å²) in [5.74, 6) is 0.307. The Balaban J connectivity index is 2.32. The Morgan fingerprint density at radius 2 is 2.33 bits per heavy atom. The lowest BCUT2D eigenvalue weighted by atomic mass is 9.94. The average molecular weight is 294 g/mol. The van der Waals surface area contributed by atoms with Gasteiger partial charge in [-0.25, -0.2) is 0 Å². The van der Waals surface area contributed by atoms with E-state index in [2.05, 4.69) is 5.32 Å². The molecule has 0 radical (unpaired) electrons. The van der Waals surface area contributed by atoms with Crippen LogP contribution in [0.3, 0.4) is 0 Å². The Labute approximate surface area is 124 Å². The van der Waals surface area contributed by atoms with Gasteiger partial charge in [-0.2, -0.15) is 0 Å². The summed E-state index contributed by atoms with van der Waals surface area (Å²) in [6.45, 7) is 7.08. The van der Waals surface area contributed by atoms with Crippen LogP contribution < -0.4 is 10.1 Å². The number of benzene rings is 1. The minimum absolute atomic E-state index is 0.00248. The van der Waals surface area contributed by atoms with Gasteiger partial charge in [0.05, 0.1) is 23.2 Å². The average Bonchev–Trinajstić information content (AvgIpc) is 2.75. The van der Waals surface area contributed by atoms with E-state index in [1.807, 2.05) is 20.8 Å². The molecular formula is C15H22N2O4. The smallest absolute Gasteiger partial charge is 0.333 e. The highest BCUT2D eigenvalue weighted by Gasteiger charge is 2.38. The molecule has 2 atom stereocenters. The summed E-state index contributed by atoms with van der Waals surface area (Å²) >= 11 is 0. The van der Waals surface area contributed by atoms with Crippen molar-refractivity contribution in [3.05, 3.63) is 28.3 Å². The summed E-state index contributed by atoms with van der Waals surface area (Å²) in [7, 11) is 0. The molecule has 0 spiro atoms. The molecular weight excluding hydrogens is 272 g/mol. The molecule has 2 rings (SSSR count). The molecule has 1 aromatic rings. The van der Waals surface area contributed by atoms with Crippen LogP contribution in [0.2, 0.25) is 0 Å². The molecule has 116 valence electrons. The predicted molar refractivity (Wildman–Crippen MR) is 80.9 cm³/mol. The third-order valence-electron chi connectivity index (χ3n) is 3.95. The number of hydrogen-bond donors (Lipinski definition) is 1. The molecule has 1 aliphatic rings. The van der Waals surface area contributed by atoms with Gasteiger partial charge in [0.15, 0.2) is 5.75 Å². The van der Waals surface area contributed by atoms with Gasteiger partial charge in [-0.3, -0.25) is 10.1 Å². The second kappa shape index (κ2) is 6.30. The maximum atomic E-state index is 11.4. The quantitative estimate of drug-likeness (QED) is 0.643. The van der Waals surface area contributed by atoms with Crippen molar-refractivity contribution in [2.45, 2.75) is 45.3 Å². The van der Waals surface area contributed by atoms with Gasteiger partial charge in [0.2, 0.25) is 0 Å². The fourth-order valence-corrected chi connectivity index (χ4v) is 2.45. The Morgan fingerprint density at radius 1 is 1.57 bits per heavy atom. The summed E-state index contributed by atoms with van der Waals surface area (Å²) < 4.78 is 11.1. The van der Waals surface area contributed by atoms with Crippen molar-refractivity contribution >= 4 is 11.4 Å². The second-order valence-electron chi connectivity index (χ2n) is 5.56. The zero-order valence-electron chi connectivity index (χ0n) is 12.7. The summed E-state index contributed by atoms with van der Waals surface area (Å²) in [4.78, 5) is 11.0. The lowest BCUT2D eigenvalue weighted by molar-refractivity contribution is -0.385. The van der Waals surface area contributed by atoms with Gasteiger partial charge < -0.3 is 14.8 Å². The summed E-state index contributed by atoms with van der Waals surface area (Å²) in [6, 6.07) is 5.12. The third kappa shape index (κ3) is 3.26. The maximum absolute atomic E-state index is 11.4. The second-order valence-corrected chi connectivity index (χ2v) is 5.56. The van der Waals surface area contributed by atoms with E-state index < -0.39 is 4.92 Å². The van der Waals surface area contributed by atoms with E-state index in [9.17, 15) is 10.1 Å². The first-order chi connectivity index (χ1) is 9.98. The van der Waals surface area contributed by atoms with E-state index in [-0.39, 0.29) is 17.3 Å². The van der Waals surface area contributed by atoms with Gasteiger partial charge >= 0.3 is 5.69 Å². The first-order valence-corrected chi connectivity index (χ1v) is 7.28. The number of ether oxygens (including phenoxy) is 2. The predicted octanol–water partition coefficient (Wildman–Crippen LogP) is 3.36. The molecule has 0 aromatic heterocycles. The Hall–Kier alpha value is -1.82.